The molecule has 132 valence electrons. The van der Waals surface area contributed by atoms with E-state index in [9.17, 15) is 0 Å². The Morgan fingerprint density at radius 1 is 0.852 bits per heavy atom. The zero-order valence-corrected chi connectivity index (χ0v) is 15.3. The molecule has 0 saturated heterocycles. The fourth-order valence-electron chi connectivity index (χ4n) is 2.95. The zero-order chi connectivity index (χ0) is 18.4. The highest BCUT2D eigenvalue weighted by Crippen LogP contribution is 2.23. The summed E-state index contributed by atoms with van der Waals surface area (Å²) in [5.41, 5.74) is 3.62. The Bertz CT molecular complexity index is 1270. The molecule has 0 radical (unpaired) electrons. The van der Waals surface area contributed by atoms with E-state index in [1.54, 1.807) is 15.4 Å². The van der Waals surface area contributed by atoms with Gasteiger partial charge in [-0.25, -0.2) is 9.67 Å². The van der Waals surface area contributed by atoms with Crippen molar-refractivity contribution in [1.82, 2.24) is 34.6 Å². The molecule has 7 nitrogen and oxygen atoms in total. The molecule has 0 aliphatic carbocycles. The Hall–Kier alpha value is -3.03. The van der Waals surface area contributed by atoms with E-state index < -0.39 is 0 Å². The Labute approximate surface area is 163 Å². The lowest BCUT2D eigenvalue weighted by Crippen LogP contribution is -2.04. The van der Waals surface area contributed by atoms with Crippen molar-refractivity contribution in [2.75, 3.05) is 0 Å². The van der Waals surface area contributed by atoms with Crippen molar-refractivity contribution in [3.05, 3.63) is 70.5 Å². The van der Waals surface area contributed by atoms with Gasteiger partial charge in [0.15, 0.2) is 22.6 Å². The second kappa shape index (κ2) is 6.29. The van der Waals surface area contributed by atoms with Crippen LogP contribution in [0.5, 0.6) is 0 Å². The molecule has 9 heteroatoms. The van der Waals surface area contributed by atoms with E-state index in [-0.39, 0.29) is 0 Å². The summed E-state index contributed by atoms with van der Waals surface area (Å²) in [5, 5.41) is 18.4. The maximum absolute atomic E-state index is 6.25. The van der Waals surface area contributed by atoms with E-state index in [0.29, 0.717) is 39.2 Å². The maximum atomic E-state index is 6.25. The van der Waals surface area contributed by atoms with Gasteiger partial charge >= 0.3 is 0 Å². The first kappa shape index (κ1) is 16.2. The SMILES string of the molecule is Clc1ccc(-c2nnc3c4nnn(Cc5ccccc5Cl)c4ncn23)cc1. The highest BCUT2D eigenvalue weighted by atomic mass is 35.5. The third kappa shape index (κ3) is 2.72. The number of halogens is 2. The van der Waals surface area contributed by atoms with Crippen LogP contribution >= 0.6 is 23.2 Å². The van der Waals surface area contributed by atoms with Crippen LogP contribution in [0.3, 0.4) is 0 Å². The van der Waals surface area contributed by atoms with Crippen LogP contribution in [-0.4, -0.2) is 34.6 Å². The molecule has 3 heterocycles. The third-order valence-corrected chi connectivity index (χ3v) is 4.91. The average Bonchev–Trinajstić information content (AvgIpc) is 3.28. The molecule has 0 aliphatic heterocycles. The molecule has 5 rings (SSSR count). The van der Waals surface area contributed by atoms with Crippen LogP contribution < -0.4 is 0 Å². The summed E-state index contributed by atoms with van der Waals surface area (Å²) in [6, 6.07) is 15.0. The Morgan fingerprint density at radius 2 is 1.67 bits per heavy atom. The van der Waals surface area contributed by atoms with E-state index in [4.69, 9.17) is 23.2 Å². The second-order valence-corrected chi connectivity index (χ2v) is 6.82. The molecular weight excluding hydrogens is 385 g/mol. The van der Waals surface area contributed by atoms with E-state index >= 15 is 0 Å². The molecule has 0 N–H and O–H groups in total. The number of benzene rings is 2. The average molecular weight is 396 g/mol. The molecule has 0 aliphatic rings. The minimum atomic E-state index is 0.470. The molecule has 0 spiro atoms. The van der Waals surface area contributed by atoms with Crippen molar-refractivity contribution >= 4 is 40.0 Å². The summed E-state index contributed by atoms with van der Waals surface area (Å²) in [6.45, 7) is 0.470. The summed E-state index contributed by atoms with van der Waals surface area (Å²) in [5.74, 6) is 0.664. The highest BCUT2D eigenvalue weighted by molar-refractivity contribution is 6.31. The largest absolute Gasteiger partial charge is 0.263 e. The lowest BCUT2D eigenvalue weighted by atomic mass is 10.2. The number of hydrogen-bond donors (Lipinski definition) is 0. The summed E-state index contributed by atoms with van der Waals surface area (Å²) in [7, 11) is 0. The van der Waals surface area contributed by atoms with Gasteiger partial charge in [-0.15, -0.1) is 15.3 Å². The molecule has 3 aromatic heterocycles. The minimum Gasteiger partial charge on any atom is -0.263 e. The molecule has 0 saturated carbocycles. The smallest absolute Gasteiger partial charge is 0.194 e. The summed E-state index contributed by atoms with van der Waals surface area (Å²) >= 11 is 12.2. The summed E-state index contributed by atoms with van der Waals surface area (Å²) in [6.07, 6.45) is 1.67. The number of nitrogens with zero attached hydrogens (tertiary/aromatic N) is 7. The van der Waals surface area contributed by atoms with E-state index in [1.165, 1.54) is 0 Å². The van der Waals surface area contributed by atoms with Gasteiger partial charge < -0.3 is 0 Å². The first-order valence-corrected chi connectivity index (χ1v) is 8.88. The van der Waals surface area contributed by atoms with Crippen LogP contribution in [0.15, 0.2) is 54.9 Å². The monoisotopic (exact) mass is 395 g/mol. The Kier molecular flexibility index (Phi) is 3.77. The molecule has 0 amide bonds. The van der Waals surface area contributed by atoms with Crippen LogP contribution in [0.25, 0.3) is 28.2 Å². The van der Waals surface area contributed by atoms with E-state index in [0.717, 1.165) is 11.1 Å². The molecule has 27 heavy (non-hydrogen) atoms. The van der Waals surface area contributed by atoms with Gasteiger partial charge in [0.1, 0.15) is 6.33 Å². The number of fused-ring (bicyclic) bond motifs is 3. The van der Waals surface area contributed by atoms with Gasteiger partial charge in [0.25, 0.3) is 0 Å². The van der Waals surface area contributed by atoms with Crippen LogP contribution in [0, 0.1) is 0 Å². The first-order chi connectivity index (χ1) is 13.2. The fraction of sp³-hybridized carbons (Fsp3) is 0.0556. The van der Waals surface area contributed by atoms with Crippen molar-refractivity contribution in [2.24, 2.45) is 0 Å². The van der Waals surface area contributed by atoms with Crippen molar-refractivity contribution in [2.45, 2.75) is 6.54 Å². The number of aromatic nitrogens is 7. The van der Waals surface area contributed by atoms with Gasteiger partial charge in [-0.1, -0.05) is 46.6 Å². The molecular formula is C18H11Cl2N7. The van der Waals surface area contributed by atoms with Crippen molar-refractivity contribution < 1.29 is 0 Å². The predicted octanol–water partition coefficient (Wildman–Crippen LogP) is 3.89. The minimum absolute atomic E-state index is 0.470. The summed E-state index contributed by atoms with van der Waals surface area (Å²) in [4.78, 5) is 4.52. The van der Waals surface area contributed by atoms with Gasteiger partial charge in [-0.3, -0.25) is 4.40 Å². The normalized spacial score (nSPS) is 11.5. The van der Waals surface area contributed by atoms with Gasteiger partial charge in [0, 0.05) is 15.6 Å². The van der Waals surface area contributed by atoms with Gasteiger partial charge in [-0.2, -0.15) is 0 Å². The molecule has 2 aromatic carbocycles. The maximum Gasteiger partial charge on any atom is 0.194 e. The Balaban J connectivity index is 1.62. The second-order valence-electron chi connectivity index (χ2n) is 5.98. The molecule has 0 unspecified atom stereocenters. The lowest BCUT2D eigenvalue weighted by molar-refractivity contribution is 0.664. The molecule has 0 atom stereocenters. The van der Waals surface area contributed by atoms with Crippen LogP contribution in [0.4, 0.5) is 0 Å². The molecule has 5 aromatic rings. The topological polar surface area (TPSA) is 73.8 Å². The zero-order valence-electron chi connectivity index (χ0n) is 13.8. The Morgan fingerprint density at radius 3 is 2.48 bits per heavy atom. The predicted molar refractivity (Wildman–Crippen MR) is 103 cm³/mol. The van der Waals surface area contributed by atoms with Crippen LogP contribution in [0.2, 0.25) is 10.0 Å². The van der Waals surface area contributed by atoms with Crippen molar-refractivity contribution in [1.29, 1.82) is 0 Å². The number of hydrogen-bond acceptors (Lipinski definition) is 5. The van der Waals surface area contributed by atoms with E-state index in [2.05, 4.69) is 25.5 Å². The van der Waals surface area contributed by atoms with Gasteiger partial charge in [0.2, 0.25) is 0 Å². The molecule has 0 bridgehead atoms. The van der Waals surface area contributed by atoms with Crippen molar-refractivity contribution in [3.8, 4) is 11.4 Å². The van der Waals surface area contributed by atoms with Crippen LogP contribution in [-0.2, 0) is 6.54 Å². The van der Waals surface area contributed by atoms with E-state index in [1.807, 2.05) is 48.5 Å². The van der Waals surface area contributed by atoms with Gasteiger partial charge in [0.05, 0.1) is 6.54 Å². The number of rotatable bonds is 3. The standard InChI is InChI=1S/C18H11Cl2N7/c19-13-7-5-11(6-8-13)16-23-24-18-15-17(21-10-26(16)18)27(25-22-15)9-12-3-1-2-4-14(12)20/h1-8,10H,9H2. The van der Waals surface area contributed by atoms with Gasteiger partial charge in [-0.05, 0) is 35.9 Å². The fourth-order valence-corrected chi connectivity index (χ4v) is 3.27. The quantitative estimate of drug-likeness (QED) is 0.463. The highest BCUT2D eigenvalue weighted by Gasteiger charge is 2.16. The third-order valence-electron chi connectivity index (χ3n) is 4.29. The molecule has 0 fully saturated rings. The van der Waals surface area contributed by atoms with Crippen molar-refractivity contribution in [3.63, 3.8) is 0 Å². The van der Waals surface area contributed by atoms with Crippen LogP contribution in [0.1, 0.15) is 5.56 Å². The summed E-state index contributed by atoms with van der Waals surface area (Å²) < 4.78 is 3.49. The lowest BCUT2D eigenvalue weighted by Gasteiger charge is -2.04. The first-order valence-electron chi connectivity index (χ1n) is 8.13.